The molecule has 1 fully saturated rings. The summed E-state index contributed by atoms with van der Waals surface area (Å²) in [5, 5.41) is 4.81. The van der Waals surface area contributed by atoms with Crippen LogP contribution in [0.3, 0.4) is 0 Å². The Bertz CT molecular complexity index is 835. The number of aryl methyl sites for hydroxylation is 1. The molecular formula is C19H23N3O7. The molecule has 3 amide bonds. The number of esters is 1. The molecule has 29 heavy (non-hydrogen) atoms. The zero-order valence-corrected chi connectivity index (χ0v) is 16.4. The number of cyclic esters (lactones) is 1. The van der Waals surface area contributed by atoms with Gasteiger partial charge in [-0.1, -0.05) is 0 Å². The van der Waals surface area contributed by atoms with E-state index < -0.39 is 29.6 Å². The molecule has 0 radical (unpaired) electrons. The van der Waals surface area contributed by atoms with Gasteiger partial charge in [-0.15, -0.1) is 0 Å². The summed E-state index contributed by atoms with van der Waals surface area (Å²) in [4.78, 5) is 49.0. The number of hydrogen-bond donors (Lipinski definition) is 2. The first-order valence-corrected chi connectivity index (χ1v) is 9.04. The molecule has 2 N–H and O–H groups in total. The third-order valence-electron chi connectivity index (χ3n) is 3.89. The number of carbonyl (C=O) groups is 4. The van der Waals surface area contributed by atoms with Crippen LogP contribution in [0.5, 0.6) is 0 Å². The SMILES string of the molecule is CCOC(=O)NC(=O)C(=CNc1ccc(N2CCOC2=O)cc1C)C(=O)OCC. The number of nitrogens with one attached hydrogen (secondary N) is 2. The molecule has 1 aliphatic rings. The normalized spacial score (nSPS) is 13.6. The Morgan fingerprint density at radius 3 is 2.52 bits per heavy atom. The number of rotatable bonds is 7. The second kappa shape index (κ2) is 10.1. The minimum atomic E-state index is -0.967. The van der Waals surface area contributed by atoms with Crippen molar-refractivity contribution in [3.8, 4) is 0 Å². The van der Waals surface area contributed by atoms with Gasteiger partial charge in [-0.25, -0.2) is 14.4 Å². The van der Waals surface area contributed by atoms with Crippen LogP contribution in [-0.4, -0.2) is 50.4 Å². The average molecular weight is 405 g/mol. The molecule has 0 atom stereocenters. The fourth-order valence-corrected chi connectivity index (χ4v) is 2.51. The summed E-state index contributed by atoms with van der Waals surface area (Å²) in [6.07, 6.45) is -0.227. The lowest BCUT2D eigenvalue weighted by atomic mass is 10.1. The highest BCUT2D eigenvalue weighted by Crippen LogP contribution is 2.25. The minimum Gasteiger partial charge on any atom is -0.462 e. The predicted octanol–water partition coefficient (Wildman–Crippen LogP) is 2.08. The molecule has 10 heteroatoms. The van der Waals surface area contributed by atoms with E-state index in [1.54, 1.807) is 39.0 Å². The van der Waals surface area contributed by atoms with Gasteiger partial charge in [0.05, 0.1) is 19.8 Å². The number of benzene rings is 1. The molecule has 1 saturated heterocycles. The van der Waals surface area contributed by atoms with Crippen molar-refractivity contribution in [3.05, 3.63) is 35.5 Å². The molecule has 0 aromatic heterocycles. The number of nitrogens with zero attached hydrogens (tertiary/aromatic N) is 1. The molecule has 10 nitrogen and oxygen atoms in total. The first kappa shape index (κ1) is 21.7. The van der Waals surface area contributed by atoms with Crippen molar-refractivity contribution >= 4 is 35.4 Å². The number of amides is 3. The molecule has 0 saturated carbocycles. The van der Waals surface area contributed by atoms with Gasteiger partial charge in [-0.2, -0.15) is 0 Å². The van der Waals surface area contributed by atoms with Crippen molar-refractivity contribution in [3.63, 3.8) is 0 Å². The molecule has 0 bridgehead atoms. The number of alkyl carbamates (subject to hydrolysis) is 1. The van der Waals surface area contributed by atoms with Gasteiger partial charge in [0.15, 0.2) is 0 Å². The van der Waals surface area contributed by atoms with Crippen LogP contribution in [0.15, 0.2) is 30.0 Å². The highest BCUT2D eigenvalue weighted by Gasteiger charge is 2.24. The van der Waals surface area contributed by atoms with Gasteiger partial charge in [-0.05, 0) is 44.5 Å². The van der Waals surface area contributed by atoms with Crippen LogP contribution in [0, 0.1) is 6.92 Å². The van der Waals surface area contributed by atoms with Gasteiger partial charge in [0.25, 0.3) is 5.91 Å². The summed E-state index contributed by atoms with van der Waals surface area (Å²) in [7, 11) is 0. The molecule has 1 heterocycles. The highest BCUT2D eigenvalue weighted by atomic mass is 16.6. The smallest absolute Gasteiger partial charge is 0.414 e. The largest absolute Gasteiger partial charge is 0.462 e. The highest BCUT2D eigenvalue weighted by molar-refractivity contribution is 6.19. The fraction of sp³-hybridized carbons (Fsp3) is 0.368. The van der Waals surface area contributed by atoms with E-state index in [2.05, 4.69) is 10.1 Å². The van der Waals surface area contributed by atoms with Crippen molar-refractivity contribution in [2.75, 3.05) is 36.6 Å². The average Bonchev–Trinajstić information content (AvgIpc) is 3.09. The van der Waals surface area contributed by atoms with Crippen molar-refractivity contribution in [1.82, 2.24) is 5.32 Å². The monoisotopic (exact) mass is 405 g/mol. The molecular weight excluding hydrogens is 382 g/mol. The Morgan fingerprint density at radius 2 is 1.93 bits per heavy atom. The number of imide groups is 1. The lowest BCUT2D eigenvalue weighted by molar-refractivity contribution is -0.140. The summed E-state index contributed by atoms with van der Waals surface area (Å²) >= 11 is 0. The van der Waals surface area contributed by atoms with Crippen LogP contribution in [-0.2, 0) is 23.8 Å². The van der Waals surface area contributed by atoms with E-state index in [1.165, 1.54) is 4.90 Å². The van der Waals surface area contributed by atoms with E-state index in [0.717, 1.165) is 11.8 Å². The molecule has 1 aromatic rings. The molecule has 0 unspecified atom stereocenters. The Labute approximate surface area is 167 Å². The second-order valence-electron chi connectivity index (χ2n) is 5.86. The van der Waals surface area contributed by atoms with E-state index in [-0.39, 0.29) is 13.2 Å². The predicted molar refractivity (Wildman–Crippen MR) is 103 cm³/mol. The Morgan fingerprint density at radius 1 is 1.21 bits per heavy atom. The zero-order valence-electron chi connectivity index (χ0n) is 16.4. The van der Waals surface area contributed by atoms with Crippen LogP contribution in [0.1, 0.15) is 19.4 Å². The molecule has 0 spiro atoms. The standard InChI is InChI=1S/C19H23N3O7/c1-4-27-17(24)14(16(23)21-18(25)28-5-2)11-20-15-7-6-13(10-12(15)3)22-8-9-29-19(22)26/h6-7,10-11,20H,4-5,8-9H2,1-3H3,(H,21,23,25). The van der Waals surface area contributed by atoms with Crippen molar-refractivity contribution in [2.24, 2.45) is 0 Å². The second-order valence-corrected chi connectivity index (χ2v) is 5.86. The third-order valence-corrected chi connectivity index (χ3v) is 3.89. The quantitative estimate of drug-likeness (QED) is 0.232. The van der Waals surface area contributed by atoms with Gasteiger partial charge in [0, 0.05) is 17.6 Å². The number of anilines is 2. The van der Waals surface area contributed by atoms with Gasteiger partial charge < -0.3 is 19.5 Å². The number of carbonyl (C=O) groups excluding carboxylic acids is 4. The molecule has 0 aliphatic carbocycles. The number of hydrogen-bond acceptors (Lipinski definition) is 8. The summed E-state index contributed by atoms with van der Waals surface area (Å²) in [6.45, 7) is 5.91. The molecule has 156 valence electrons. The van der Waals surface area contributed by atoms with E-state index in [0.29, 0.717) is 24.5 Å². The van der Waals surface area contributed by atoms with Crippen LogP contribution in [0.2, 0.25) is 0 Å². The lowest BCUT2D eigenvalue weighted by Crippen LogP contribution is -2.35. The maximum atomic E-state index is 12.2. The number of ether oxygens (including phenoxy) is 3. The topological polar surface area (TPSA) is 123 Å². The van der Waals surface area contributed by atoms with Gasteiger partial charge in [0.2, 0.25) is 0 Å². The third kappa shape index (κ3) is 5.71. The van der Waals surface area contributed by atoms with Gasteiger partial charge in [-0.3, -0.25) is 15.0 Å². The van der Waals surface area contributed by atoms with Crippen LogP contribution in [0.25, 0.3) is 0 Å². The van der Waals surface area contributed by atoms with Crippen molar-refractivity contribution in [1.29, 1.82) is 0 Å². The van der Waals surface area contributed by atoms with Gasteiger partial charge in [0.1, 0.15) is 12.2 Å². The summed E-state index contributed by atoms with van der Waals surface area (Å²) in [5.74, 6) is -1.85. The maximum absolute atomic E-state index is 12.2. The van der Waals surface area contributed by atoms with Crippen LogP contribution < -0.4 is 15.5 Å². The Kier molecular flexibility index (Phi) is 7.58. The van der Waals surface area contributed by atoms with Crippen molar-refractivity contribution < 1.29 is 33.4 Å². The van der Waals surface area contributed by atoms with E-state index in [1.807, 2.05) is 5.32 Å². The zero-order chi connectivity index (χ0) is 21.4. The van der Waals surface area contributed by atoms with Crippen molar-refractivity contribution in [2.45, 2.75) is 20.8 Å². The van der Waals surface area contributed by atoms with E-state index in [9.17, 15) is 19.2 Å². The fourth-order valence-electron chi connectivity index (χ4n) is 2.51. The molecule has 1 aliphatic heterocycles. The van der Waals surface area contributed by atoms with Gasteiger partial charge >= 0.3 is 18.2 Å². The van der Waals surface area contributed by atoms with E-state index in [4.69, 9.17) is 9.47 Å². The molecule has 1 aromatic carbocycles. The van der Waals surface area contributed by atoms with Crippen LogP contribution >= 0.6 is 0 Å². The van der Waals surface area contributed by atoms with E-state index >= 15 is 0 Å². The maximum Gasteiger partial charge on any atom is 0.414 e. The summed E-state index contributed by atoms with van der Waals surface area (Å²) < 4.78 is 14.4. The van der Waals surface area contributed by atoms with Crippen LogP contribution in [0.4, 0.5) is 21.0 Å². The lowest BCUT2D eigenvalue weighted by Gasteiger charge is -2.15. The Balaban J connectivity index is 2.18. The summed E-state index contributed by atoms with van der Waals surface area (Å²) in [6, 6.07) is 5.17. The molecule has 2 rings (SSSR count). The Hall–Kier alpha value is -3.56. The summed E-state index contributed by atoms with van der Waals surface area (Å²) in [5.41, 5.74) is 1.62. The first-order chi connectivity index (χ1) is 13.9. The minimum absolute atomic E-state index is 0.0581. The first-order valence-electron chi connectivity index (χ1n) is 9.04.